The molecule has 0 amide bonds. The molecule has 0 aliphatic heterocycles. The molecule has 17 heavy (non-hydrogen) atoms. The summed E-state index contributed by atoms with van der Waals surface area (Å²) in [5, 5.41) is 8.91. The van der Waals surface area contributed by atoms with Gasteiger partial charge in [0.15, 0.2) is 0 Å². The van der Waals surface area contributed by atoms with Gasteiger partial charge in [-0.25, -0.2) is 0 Å². The van der Waals surface area contributed by atoms with Gasteiger partial charge < -0.3 is 5.11 Å². The van der Waals surface area contributed by atoms with Crippen molar-refractivity contribution in [2.24, 2.45) is 5.92 Å². The van der Waals surface area contributed by atoms with E-state index < -0.39 is 5.97 Å². The maximum absolute atomic E-state index is 10.8. The Balaban J connectivity index is 2.61. The lowest BCUT2D eigenvalue weighted by Gasteiger charge is -2.22. The summed E-state index contributed by atoms with van der Waals surface area (Å²) in [6.07, 6.45) is 0. The number of rotatable bonds is 6. The number of aryl methyl sites for hydroxylation is 1. The molecule has 0 saturated heterocycles. The molecule has 3 heteroatoms. The van der Waals surface area contributed by atoms with Crippen LogP contribution in [0.3, 0.4) is 0 Å². The highest BCUT2D eigenvalue weighted by atomic mass is 16.4. The number of aliphatic carboxylic acids is 1. The van der Waals surface area contributed by atoms with E-state index in [4.69, 9.17) is 5.11 Å². The molecule has 0 spiro atoms. The van der Waals surface area contributed by atoms with Gasteiger partial charge in [-0.2, -0.15) is 0 Å². The Hall–Kier alpha value is -1.35. The average molecular weight is 235 g/mol. The first-order valence-corrected chi connectivity index (χ1v) is 6.03. The third kappa shape index (κ3) is 4.57. The third-order valence-electron chi connectivity index (χ3n) is 2.89. The van der Waals surface area contributed by atoms with Crippen LogP contribution < -0.4 is 0 Å². The minimum Gasteiger partial charge on any atom is -0.481 e. The number of hydrogen-bond donors (Lipinski definition) is 1. The summed E-state index contributed by atoms with van der Waals surface area (Å²) in [4.78, 5) is 13.0. The van der Waals surface area contributed by atoms with Crippen molar-refractivity contribution >= 4 is 5.97 Å². The highest BCUT2D eigenvalue weighted by Crippen LogP contribution is 2.09. The molecule has 94 valence electrons. The van der Waals surface area contributed by atoms with Crippen LogP contribution >= 0.6 is 0 Å². The van der Waals surface area contributed by atoms with Crippen molar-refractivity contribution in [3.63, 3.8) is 0 Å². The maximum Gasteiger partial charge on any atom is 0.307 e. The number of carboxylic acid groups (broad SMARTS) is 1. The van der Waals surface area contributed by atoms with Gasteiger partial charge in [-0.15, -0.1) is 0 Å². The molecule has 0 aromatic heterocycles. The molecular weight excluding hydrogens is 214 g/mol. The molecule has 3 nitrogen and oxygen atoms in total. The van der Waals surface area contributed by atoms with E-state index in [0.717, 1.165) is 13.1 Å². The number of benzene rings is 1. The molecule has 0 saturated carbocycles. The zero-order valence-electron chi connectivity index (χ0n) is 10.8. The summed E-state index contributed by atoms with van der Waals surface area (Å²) in [5.41, 5.74) is 2.48. The first-order chi connectivity index (χ1) is 8.02. The van der Waals surface area contributed by atoms with Crippen LogP contribution in [0.25, 0.3) is 0 Å². The van der Waals surface area contributed by atoms with Crippen molar-refractivity contribution in [3.05, 3.63) is 35.4 Å². The molecule has 0 aliphatic carbocycles. The Morgan fingerprint density at radius 1 is 1.47 bits per heavy atom. The molecule has 1 atom stereocenters. The van der Waals surface area contributed by atoms with Crippen molar-refractivity contribution < 1.29 is 9.90 Å². The molecule has 1 unspecified atom stereocenters. The number of carboxylic acids is 1. The molecule has 1 aromatic carbocycles. The largest absolute Gasteiger partial charge is 0.481 e. The van der Waals surface area contributed by atoms with Crippen molar-refractivity contribution in [2.45, 2.75) is 27.3 Å². The fraction of sp³-hybridized carbons (Fsp3) is 0.500. The first-order valence-electron chi connectivity index (χ1n) is 6.03. The normalized spacial score (nSPS) is 12.7. The van der Waals surface area contributed by atoms with Crippen molar-refractivity contribution in [2.75, 3.05) is 13.1 Å². The van der Waals surface area contributed by atoms with Gasteiger partial charge in [-0.05, 0) is 19.0 Å². The molecule has 1 rings (SSSR count). The lowest BCUT2D eigenvalue weighted by Crippen LogP contribution is -2.31. The van der Waals surface area contributed by atoms with Crippen molar-refractivity contribution in [1.82, 2.24) is 4.90 Å². The van der Waals surface area contributed by atoms with E-state index in [2.05, 4.69) is 36.9 Å². The second-order valence-electron chi connectivity index (χ2n) is 4.56. The van der Waals surface area contributed by atoms with Gasteiger partial charge in [0.2, 0.25) is 0 Å². The Kier molecular flexibility index (Phi) is 5.16. The minimum absolute atomic E-state index is 0.320. The second-order valence-corrected chi connectivity index (χ2v) is 4.56. The summed E-state index contributed by atoms with van der Waals surface area (Å²) in [5.74, 6) is -1.05. The van der Waals surface area contributed by atoms with Crippen LogP contribution in [0, 0.1) is 12.8 Å². The fourth-order valence-corrected chi connectivity index (χ4v) is 1.84. The van der Waals surface area contributed by atoms with Gasteiger partial charge in [0.25, 0.3) is 0 Å². The predicted octanol–water partition coefficient (Wildman–Crippen LogP) is 2.54. The smallest absolute Gasteiger partial charge is 0.307 e. The Labute approximate surface area is 103 Å². The molecule has 1 aromatic rings. The van der Waals surface area contributed by atoms with Crippen LogP contribution in [0.1, 0.15) is 25.0 Å². The van der Waals surface area contributed by atoms with Crippen LogP contribution in [0.15, 0.2) is 24.3 Å². The number of nitrogens with zero attached hydrogens (tertiary/aromatic N) is 1. The zero-order valence-corrected chi connectivity index (χ0v) is 10.8. The van der Waals surface area contributed by atoms with Crippen molar-refractivity contribution in [3.8, 4) is 0 Å². The van der Waals surface area contributed by atoms with E-state index in [-0.39, 0.29) is 5.92 Å². The lowest BCUT2D eigenvalue weighted by molar-refractivity contribution is -0.141. The summed E-state index contributed by atoms with van der Waals surface area (Å²) in [7, 11) is 0. The number of carbonyl (C=O) groups is 1. The monoisotopic (exact) mass is 235 g/mol. The predicted molar refractivity (Wildman–Crippen MR) is 68.9 cm³/mol. The highest BCUT2D eigenvalue weighted by Gasteiger charge is 2.15. The highest BCUT2D eigenvalue weighted by molar-refractivity contribution is 5.69. The van der Waals surface area contributed by atoms with E-state index in [9.17, 15) is 4.79 Å². The Morgan fingerprint density at radius 3 is 2.71 bits per heavy atom. The van der Waals surface area contributed by atoms with Gasteiger partial charge in [-0.3, -0.25) is 9.69 Å². The quantitative estimate of drug-likeness (QED) is 0.823. The molecule has 0 radical (unpaired) electrons. The zero-order chi connectivity index (χ0) is 12.8. The summed E-state index contributed by atoms with van der Waals surface area (Å²) >= 11 is 0. The Bertz CT molecular complexity index is 376. The van der Waals surface area contributed by atoms with E-state index in [1.807, 2.05) is 6.07 Å². The SMILES string of the molecule is CCN(Cc1cccc(C)c1)CC(C)C(=O)O. The molecule has 1 N–H and O–H groups in total. The summed E-state index contributed by atoms with van der Waals surface area (Å²) in [6.45, 7) is 8.16. The van der Waals surface area contributed by atoms with Gasteiger partial charge in [0.1, 0.15) is 0 Å². The maximum atomic E-state index is 10.8. The molecule has 0 aliphatic rings. The van der Waals surface area contributed by atoms with E-state index >= 15 is 0 Å². The van der Waals surface area contributed by atoms with Gasteiger partial charge >= 0.3 is 5.97 Å². The van der Waals surface area contributed by atoms with Crippen LogP contribution in [0.4, 0.5) is 0 Å². The van der Waals surface area contributed by atoms with E-state index in [1.54, 1.807) is 6.92 Å². The second kappa shape index (κ2) is 6.40. The Morgan fingerprint density at radius 2 is 2.18 bits per heavy atom. The summed E-state index contributed by atoms with van der Waals surface area (Å²) < 4.78 is 0. The molecule has 0 bridgehead atoms. The topological polar surface area (TPSA) is 40.5 Å². The number of hydrogen-bond acceptors (Lipinski definition) is 2. The standard InChI is InChI=1S/C14H21NO2/c1-4-15(9-12(3)14(16)17)10-13-7-5-6-11(2)8-13/h5-8,12H,4,9-10H2,1-3H3,(H,16,17). The van der Waals surface area contributed by atoms with E-state index in [1.165, 1.54) is 11.1 Å². The fourth-order valence-electron chi connectivity index (χ4n) is 1.84. The van der Waals surface area contributed by atoms with Crippen LogP contribution in [0.2, 0.25) is 0 Å². The molecule has 0 fully saturated rings. The van der Waals surface area contributed by atoms with Gasteiger partial charge in [0.05, 0.1) is 5.92 Å². The van der Waals surface area contributed by atoms with Crippen LogP contribution in [-0.4, -0.2) is 29.1 Å². The van der Waals surface area contributed by atoms with E-state index in [0.29, 0.717) is 6.54 Å². The minimum atomic E-state index is -0.729. The average Bonchev–Trinajstić information content (AvgIpc) is 2.27. The van der Waals surface area contributed by atoms with Gasteiger partial charge in [-0.1, -0.05) is 43.7 Å². The van der Waals surface area contributed by atoms with Crippen molar-refractivity contribution in [1.29, 1.82) is 0 Å². The van der Waals surface area contributed by atoms with Crippen LogP contribution in [-0.2, 0) is 11.3 Å². The first kappa shape index (κ1) is 13.7. The molecule has 0 heterocycles. The molecular formula is C14H21NO2. The van der Waals surface area contributed by atoms with Crippen LogP contribution in [0.5, 0.6) is 0 Å². The lowest BCUT2D eigenvalue weighted by atomic mass is 10.1. The third-order valence-corrected chi connectivity index (χ3v) is 2.89. The summed E-state index contributed by atoms with van der Waals surface area (Å²) in [6, 6.07) is 8.34. The van der Waals surface area contributed by atoms with Gasteiger partial charge in [0, 0.05) is 13.1 Å².